The van der Waals surface area contributed by atoms with Gasteiger partial charge >= 0.3 is 0 Å². The summed E-state index contributed by atoms with van der Waals surface area (Å²) in [6.45, 7) is 4.25. The number of rotatable bonds is 2. The van der Waals surface area contributed by atoms with Gasteiger partial charge in [-0.2, -0.15) is 0 Å². The van der Waals surface area contributed by atoms with Crippen molar-refractivity contribution >= 4 is 17.5 Å². The molecule has 0 unspecified atom stereocenters. The van der Waals surface area contributed by atoms with E-state index in [1.807, 2.05) is 0 Å². The maximum absolute atomic E-state index is 11.6. The van der Waals surface area contributed by atoms with Crippen LogP contribution in [0.4, 0.5) is 11.6 Å². The fourth-order valence-electron chi connectivity index (χ4n) is 4.12. The number of carbonyl (C=O) groups excluding carboxylic acids is 1. The molecule has 4 N–H and O–H groups in total. The van der Waals surface area contributed by atoms with Crippen molar-refractivity contribution in [3.05, 3.63) is 17.7 Å². The summed E-state index contributed by atoms with van der Waals surface area (Å²) in [7, 11) is 0. The van der Waals surface area contributed by atoms with E-state index in [4.69, 9.17) is 11.5 Å². The maximum Gasteiger partial charge on any atom is 0.252 e. The number of aromatic nitrogens is 1. The number of carbonyl (C=O) groups is 1. The molecule has 0 aromatic carbocycles. The number of amides is 1. The average Bonchev–Trinajstić information content (AvgIpc) is 2.80. The molecule has 1 aliphatic carbocycles. The molecule has 1 spiro atoms. The minimum absolute atomic E-state index is 0.435. The Labute approximate surface area is 125 Å². The molecule has 2 aliphatic rings. The van der Waals surface area contributed by atoms with E-state index < -0.39 is 5.91 Å². The lowest BCUT2D eigenvalue weighted by molar-refractivity contribution is 0.1000. The molecule has 2 heterocycles. The molecule has 1 aliphatic heterocycles. The van der Waals surface area contributed by atoms with Crippen LogP contribution in [0.3, 0.4) is 0 Å². The Balaban J connectivity index is 1.81. The molecule has 1 amide bonds. The molecule has 114 valence electrons. The first-order valence-electron chi connectivity index (χ1n) is 7.83. The first-order valence-corrected chi connectivity index (χ1v) is 7.83. The third-order valence-corrected chi connectivity index (χ3v) is 5.58. The van der Waals surface area contributed by atoms with Gasteiger partial charge in [-0.25, -0.2) is 4.98 Å². The first kappa shape index (κ1) is 14.2. The summed E-state index contributed by atoms with van der Waals surface area (Å²) >= 11 is 0. The van der Waals surface area contributed by atoms with Gasteiger partial charge in [0.2, 0.25) is 0 Å². The van der Waals surface area contributed by atoms with Gasteiger partial charge in [-0.1, -0.05) is 19.8 Å². The minimum atomic E-state index is -0.438. The van der Waals surface area contributed by atoms with E-state index >= 15 is 0 Å². The van der Waals surface area contributed by atoms with E-state index in [9.17, 15) is 4.79 Å². The second-order valence-corrected chi connectivity index (χ2v) is 6.61. The zero-order chi connectivity index (χ0) is 15.0. The first-order chi connectivity index (χ1) is 10.0. The van der Waals surface area contributed by atoms with Crippen LogP contribution >= 0.6 is 0 Å². The summed E-state index contributed by atoms with van der Waals surface area (Å²) in [4.78, 5) is 18.1. The molecule has 5 heteroatoms. The summed E-state index contributed by atoms with van der Waals surface area (Å²) in [5.74, 6) is 1.46. The predicted molar refractivity (Wildman–Crippen MR) is 84.1 cm³/mol. The molecular formula is C16H24N4O. The van der Waals surface area contributed by atoms with Crippen molar-refractivity contribution in [1.29, 1.82) is 0 Å². The lowest BCUT2D eigenvalue weighted by Crippen LogP contribution is -2.42. The van der Waals surface area contributed by atoms with Crippen molar-refractivity contribution in [2.75, 3.05) is 23.7 Å². The summed E-state index contributed by atoms with van der Waals surface area (Å²) < 4.78 is 0. The summed E-state index contributed by atoms with van der Waals surface area (Å²) in [6, 6.07) is 3.32. The van der Waals surface area contributed by atoms with E-state index in [-0.39, 0.29) is 0 Å². The largest absolute Gasteiger partial charge is 0.384 e. The Morgan fingerprint density at radius 1 is 1.33 bits per heavy atom. The standard InChI is InChI=1S/C16H24N4O/c1-11-3-2-6-16(11)7-9-20(10-8-16)15-12(14(18)21)4-5-13(17)19-15/h4-5,11H,2-3,6-10H2,1H3,(H2,17,19)(H2,18,21)/t11-/m1/s1. The molecule has 0 radical (unpaired) electrons. The summed E-state index contributed by atoms with van der Waals surface area (Å²) in [5, 5.41) is 0. The normalized spacial score (nSPS) is 24.4. The van der Waals surface area contributed by atoms with Gasteiger partial charge in [-0.05, 0) is 42.7 Å². The van der Waals surface area contributed by atoms with Crippen LogP contribution < -0.4 is 16.4 Å². The number of nitrogens with two attached hydrogens (primary N) is 2. The highest BCUT2D eigenvalue weighted by Crippen LogP contribution is 2.50. The molecule has 1 saturated heterocycles. The van der Waals surface area contributed by atoms with Crippen molar-refractivity contribution in [2.45, 2.75) is 39.0 Å². The van der Waals surface area contributed by atoms with Crippen LogP contribution in [0.2, 0.25) is 0 Å². The van der Waals surface area contributed by atoms with Crippen LogP contribution in [0.1, 0.15) is 49.4 Å². The summed E-state index contributed by atoms with van der Waals surface area (Å²) in [5.41, 5.74) is 12.2. The molecule has 3 rings (SSSR count). The van der Waals surface area contributed by atoms with Gasteiger partial charge < -0.3 is 16.4 Å². The van der Waals surface area contributed by atoms with E-state index in [0.29, 0.717) is 22.6 Å². The SMILES string of the molecule is C[C@@H]1CCCC12CCN(c1nc(N)ccc1C(N)=O)CC2. The lowest BCUT2D eigenvalue weighted by atomic mass is 9.71. The molecule has 2 fully saturated rings. The van der Waals surface area contributed by atoms with E-state index in [0.717, 1.165) is 19.0 Å². The van der Waals surface area contributed by atoms with Crippen LogP contribution in [-0.2, 0) is 0 Å². The Hall–Kier alpha value is -1.78. The molecule has 1 aromatic heterocycles. The van der Waals surface area contributed by atoms with Crippen molar-refractivity contribution in [1.82, 2.24) is 4.98 Å². The highest BCUT2D eigenvalue weighted by Gasteiger charge is 2.42. The van der Waals surface area contributed by atoms with Crippen molar-refractivity contribution in [3.63, 3.8) is 0 Å². The van der Waals surface area contributed by atoms with Crippen molar-refractivity contribution in [3.8, 4) is 0 Å². The van der Waals surface area contributed by atoms with Gasteiger partial charge in [0.15, 0.2) is 0 Å². The Bertz CT molecular complexity index is 549. The number of hydrogen-bond donors (Lipinski definition) is 2. The second kappa shape index (κ2) is 5.20. The molecule has 5 nitrogen and oxygen atoms in total. The third kappa shape index (κ3) is 2.45. The van der Waals surface area contributed by atoms with Gasteiger partial charge in [-0.15, -0.1) is 0 Å². The van der Waals surface area contributed by atoms with Gasteiger partial charge in [0.05, 0.1) is 5.56 Å². The second-order valence-electron chi connectivity index (χ2n) is 6.61. The van der Waals surface area contributed by atoms with Crippen LogP contribution in [0.25, 0.3) is 0 Å². The maximum atomic E-state index is 11.6. The molecule has 21 heavy (non-hydrogen) atoms. The Morgan fingerprint density at radius 3 is 2.62 bits per heavy atom. The van der Waals surface area contributed by atoms with Crippen LogP contribution in [0, 0.1) is 11.3 Å². The summed E-state index contributed by atoms with van der Waals surface area (Å²) in [6.07, 6.45) is 6.38. The molecule has 1 atom stereocenters. The van der Waals surface area contributed by atoms with Crippen LogP contribution in [0.5, 0.6) is 0 Å². The lowest BCUT2D eigenvalue weighted by Gasteiger charge is -2.43. The highest BCUT2D eigenvalue weighted by atomic mass is 16.1. The Kier molecular flexibility index (Phi) is 3.51. The smallest absolute Gasteiger partial charge is 0.252 e. The van der Waals surface area contributed by atoms with E-state index in [1.54, 1.807) is 12.1 Å². The quantitative estimate of drug-likeness (QED) is 0.873. The zero-order valence-corrected chi connectivity index (χ0v) is 12.6. The molecule has 0 bridgehead atoms. The van der Waals surface area contributed by atoms with Gasteiger partial charge in [0.1, 0.15) is 11.6 Å². The van der Waals surface area contributed by atoms with Crippen LogP contribution in [-0.4, -0.2) is 24.0 Å². The topological polar surface area (TPSA) is 85.2 Å². The molecule has 1 aromatic rings. The third-order valence-electron chi connectivity index (χ3n) is 5.58. The number of anilines is 2. The molecular weight excluding hydrogens is 264 g/mol. The average molecular weight is 288 g/mol. The van der Waals surface area contributed by atoms with E-state index in [1.165, 1.54) is 32.1 Å². The van der Waals surface area contributed by atoms with Crippen molar-refractivity contribution < 1.29 is 4.79 Å². The van der Waals surface area contributed by atoms with Gasteiger partial charge in [0, 0.05) is 13.1 Å². The van der Waals surface area contributed by atoms with Gasteiger partial charge in [0.25, 0.3) is 5.91 Å². The fraction of sp³-hybridized carbons (Fsp3) is 0.625. The van der Waals surface area contributed by atoms with Crippen LogP contribution in [0.15, 0.2) is 12.1 Å². The fourth-order valence-corrected chi connectivity index (χ4v) is 4.12. The van der Waals surface area contributed by atoms with Crippen molar-refractivity contribution in [2.24, 2.45) is 17.1 Å². The number of pyridine rings is 1. The van der Waals surface area contributed by atoms with E-state index in [2.05, 4.69) is 16.8 Å². The van der Waals surface area contributed by atoms with Gasteiger partial charge in [-0.3, -0.25) is 4.79 Å². The number of nitrogens with zero attached hydrogens (tertiary/aromatic N) is 2. The Morgan fingerprint density at radius 2 is 2.05 bits per heavy atom. The zero-order valence-electron chi connectivity index (χ0n) is 12.6. The number of piperidine rings is 1. The molecule has 1 saturated carbocycles. The monoisotopic (exact) mass is 288 g/mol. The highest BCUT2D eigenvalue weighted by molar-refractivity contribution is 5.98. The number of nitrogen functional groups attached to an aromatic ring is 1. The predicted octanol–water partition coefficient (Wildman–Crippen LogP) is 2.17. The number of hydrogen-bond acceptors (Lipinski definition) is 4. The number of primary amides is 1. The minimum Gasteiger partial charge on any atom is -0.384 e.